The smallest absolute Gasteiger partial charge is 0.359 e. The summed E-state index contributed by atoms with van der Waals surface area (Å²) in [7, 11) is 4.30. The Bertz CT molecular complexity index is 1190. The maximum atomic E-state index is 12.9. The van der Waals surface area contributed by atoms with Gasteiger partial charge in [0.15, 0.2) is 17.2 Å². The molecule has 162 valence electrons. The standard InChI is InChI=1S/C22H23N3O6/c1-13(20(26)23-12-14-9-10-17(29-2)18(11-14)30-3)25-21(27)16-8-6-5-7-15(16)19(24-25)22(28)31-4/h5-11,13H,12H2,1-4H3,(H,23,26). The van der Waals surface area contributed by atoms with Crippen molar-refractivity contribution in [1.29, 1.82) is 0 Å². The molecule has 0 saturated carbocycles. The van der Waals surface area contributed by atoms with Crippen LogP contribution >= 0.6 is 0 Å². The number of nitrogens with zero attached hydrogens (tertiary/aromatic N) is 2. The molecule has 2 aromatic carbocycles. The first-order valence-corrected chi connectivity index (χ1v) is 9.49. The van der Waals surface area contributed by atoms with Crippen LogP contribution in [0.2, 0.25) is 0 Å². The molecule has 1 aromatic heterocycles. The van der Waals surface area contributed by atoms with Gasteiger partial charge in [0.05, 0.1) is 26.7 Å². The van der Waals surface area contributed by atoms with E-state index in [-0.39, 0.29) is 17.6 Å². The molecule has 0 bridgehead atoms. The highest BCUT2D eigenvalue weighted by Crippen LogP contribution is 2.27. The molecule has 1 atom stereocenters. The number of ether oxygens (including phenoxy) is 3. The molecule has 1 heterocycles. The van der Waals surface area contributed by atoms with Crippen LogP contribution in [-0.4, -0.2) is 43.0 Å². The normalized spacial score (nSPS) is 11.6. The van der Waals surface area contributed by atoms with Gasteiger partial charge in [0, 0.05) is 11.9 Å². The third-order valence-electron chi connectivity index (χ3n) is 4.87. The molecular formula is C22H23N3O6. The summed E-state index contributed by atoms with van der Waals surface area (Å²) in [6, 6.07) is 10.9. The Morgan fingerprint density at radius 2 is 1.71 bits per heavy atom. The highest BCUT2D eigenvalue weighted by atomic mass is 16.5. The molecule has 31 heavy (non-hydrogen) atoms. The van der Waals surface area contributed by atoms with E-state index in [0.717, 1.165) is 10.2 Å². The van der Waals surface area contributed by atoms with Crippen molar-refractivity contribution in [2.24, 2.45) is 0 Å². The Kier molecular flexibility index (Phi) is 6.54. The molecule has 0 saturated heterocycles. The summed E-state index contributed by atoms with van der Waals surface area (Å²) in [6.07, 6.45) is 0. The second kappa shape index (κ2) is 9.29. The lowest BCUT2D eigenvalue weighted by atomic mass is 10.1. The van der Waals surface area contributed by atoms with Gasteiger partial charge in [0.1, 0.15) is 6.04 Å². The van der Waals surface area contributed by atoms with Gasteiger partial charge in [-0.1, -0.05) is 24.3 Å². The van der Waals surface area contributed by atoms with E-state index in [1.807, 2.05) is 0 Å². The number of hydrogen-bond acceptors (Lipinski definition) is 7. The maximum absolute atomic E-state index is 12.9. The van der Waals surface area contributed by atoms with Crippen molar-refractivity contribution in [1.82, 2.24) is 15.1 Å². The van der Waals surface area contributed by atoms with Crippen LogP contribution in [0, 0.1) is 0 Å². The van der Waals surface area contributed by atoms with E-state index in [0.29, 0.717) is 16.9 Å². The van der Waals surface area contributed by atoms with Crippen molar-refractivity contribution in [2.75, 3.05) is 21.3 Å². The molecular weight excluding hydrogens is 402 g/mol. The number of rotatable bonds is 7. The zero-order valence-electron chi connectivity index (χ0n) is 17.7. The lowest BCUT2D eigenvalue weighted by Crippen LogP contribution is -2.37. The predicted octanol–water partition coefficient (Wildman–Crippen LogP) is 2.08. The molecule has 9 heteroatoms. The van der Waals surface area contributed by atoms with Gasteiger partial charge < -0.3 is 19.5 Å². The zero-order chi connectivity index (χ0) is 22.5. The first-order chi connectivity index (χ1) is 14.9. The van der Waals surface area contributed by atoms with Crippen molar-refractivity contribution < 1.29 is 23.8 Å². The molecule has 3 rings (SSSR count). The fourth-order valence-electron chi connectivity index (χ4n) is 3.16. The molecule has 0 fully saturated rings. The molecule has 0 aliphatic carbocycles. The number of esters is 1. The molecule has 3 aromatic rings. The summed E-state index contributed by atoms with van der Waals surface area (Å²) in [6.45, 7) is 1.74. The van der Waals surface area contributed by atoms with Crippen molar-refractivity contribution >= 4 is 22.6 Å². The molecule has 0 aliphatic rings. The number of hydrogen-bond donors (Lipinski definition) is 1. The van der Waals surface area contributed by atoms with Gasteiger partial charge in [0.25, 0.3) is 5.56 Å². The number of benzene rings is 2. The van der Waals surface area contributed by atoms with Crippen LogP contribution in [0.15, 0.2) is 47.3 Å². The summed E-state index contributed by atoms with van der Waals surface area (Å²) in [5.41, 5.74) is 0.279. The molecule has 0 aliphatic heterocycles. The SMILES string of the molecule is COC(=O)c1nn(C(C)C(=O)NCc2ccc(OC)c(OC)c2)c(=O)c2ccccc12. The van der Waals surface area contributed by atoms with Gasteiger partial charge in [-0.2, -0.15) is 5.10 Å². The van der Waals surface area contributed by atoms with Gasteiger partial charge in [-0.15, -0.1) is 0 Å². The minimum atomic E-state index is -0.958. The fourth-order valence-corrected chi connectivity index (χ4v) is 3.16. The van der Waals surface area contributed by atoms with Gasteiger partial charge in [0.2, 0.25) is 5.91 Å². The van der Waals surface area contributed by atoms with E-state index >= 15 is 0 Å². The third-order valence-corrected chi connectivity index (χ3v) is 4.87. The predicted molar refractivity (Wildman–Crippen MR) is 113 cm³/mol. The van der Waals surface area contributed by atoms with Crippen LogP contribution in [0.5, 0.6) is 11.5 Å². The summed E-state index contributed by atoms with van der Waals surface area (Å²) in [4.78, 5) is 37.8. The Morgan fingerprint density at radius 3 is 2.35 bits per heavy atom. The lowest BCUT2D eigenvalue weighted by Gasteiger charge is -2.16. The van der Waals surface area contributed by atoms with E-state index in [9.17, 15) is 14.4 Å². The maximum Gasteiger partial charge on any atom is 0.359 e. The quantitative estimate of drug-likeness (QED) is 0.577. The van der Waals surface area contributed by atoms with Crippen molar-refractivity contribution in [3.63, 3.8) is 0 Å². The van der Waals surface area contributed by atoms with E-state index in [1.54, 1.807) is 42.5 Å². The number of amides is 1. The number of carbonyl (C=O) groups excluding carboxylic acids is 2. The summed E-state index contributed by atoms with van der Waals surface area (Å²) in [5, 5.41) is 7.55. The zero-order valence-corrected chi connectivity index (χ0v) is 17.7. The first kappa shape index (κ1) is 21.8. The minimum absolute atomic E-state index is 0.0303. The number of nitrogens with one attached hydrogen (secondary N) is 1. The Morgan fingerprint density at radius 1 is 1.03 bits per heavy atom. The van der Waals surface area contributed by atoms with E-state index in [4.69, 9.17) is 14.2 Å². The molecule has 0 radical (unpaired) electrons. The van der Waals surface area contributed by atoms with Crippen molar-refractivity contribution in [3.05, 3.63) is 64.1 Å². The number of fused-ring (bicyclic) bond motifs is 1. The average molecular weight is 425 g/mol. The van der Waals surface area contributed by atoms with E-state index in [2.05, 4.69) is 10.4 Å². The molecule has 1 N–H and O–H groups in total. The first-order valence-electron chi connectivity index (χ1n) is 9.49. The van der Waals surface area contributed by atoms with Crippen LogP contribution in [0.3, 0.4) is 0 Å². The van der Waals surface area contributed by atoms with Crippen molar-refractivity contribution in [2.45, 2.75) is 19.5 Å². The molecule has 1 unspecified atom stereocenters. The summed E-state index contributed by atoms with van der Waals surface area (Å²) in [5.74, 6) is -0.0102. The third kappa shape index (κ3) is 4.35. The van der Waals surface area contributed by atoms with Crippen LogP contribution in [0.25, 0.3) is 10.8 Å². The second-order valence-corrected chi connectivity index (χ2v) is 6.72. The average Bonchev–Trinajstić information content (AvgIpc) is 2.81. The fraction of sp³-hybridized carbons (Fsp3) is 0.273. The van der Waals surface area contributed by atoms with Gasteiger partial charge >= 0.3 is 5.97 Å². The van der Waals surface area contributed by atoms with Gasteiger partial charge in [-0.25, -0.2) is 9.48 Å². The largest absolute Gasteiger partial charge is 0.493 e. The number of methoxy groups -OCH3 is 3. The van der Waals surface area contributed by atoms with Crippen LogP contribution < -0.4 is 20.3 Å². The number of aromatic nitrogens is 2. The number of carbonyl (C=O) groups is 2. The van der Waals surface area contributed by atoms with Crippen LogP contribution in [0.1, 0.15) is 29.0 Å². The highest BCUT2D eigenvalue weighted by Gasteiger charge is 2.23. The van der Waals surface area contributed by atoms with E-state index < -0.39 is 23.5 Å². The molecule has 0 spiro atoms. The van der Waals surface area contributed by atoms with E-state index in [1.165, 1.54) is 28.3 Å². The second-order valence-electron chi connectivity index (χ2n) is 6.72. The van der Waals surface area contributed by atoms with Crippen molar-refractivity contribution in [3.8, 4) is 11.5 Å². The Balaban J connectivity index is 1.88. The minimum Gasteiger partial charge on any atom is -0.493 e. The topological polar surface area (TPSA) is 109 Å². The Labute approximate surface area is 178 Å². The monoisotopic (exact) mass is 425 g/mol. The van der Waals surface area contributed by atoms with Crippen LogP contribution in [0.4, 0.5) is 0 Å². The molecule has 9 nitrogen and oxygen atoms in total. The highest BCUT2D eigenvalue weighted by molar-refractivity contribution is 6.02. The molecule has 1 amide bonds. The summed E-state index contributed by atoms with van der Waals surface area (Å²) < 4.78 is 16.3. The summed E-state index contributed by atoms with van der Waals surface area (Å²) >= 11 is 0. The Hall–Kier alpha value is -3.88. The van der Waals surface area contributed by atoms with Gasteiger partial charge in [-0.05, 0) is 30.7 Å². The lowest BCUT2D eigenvalue weighted by molar-refractivity contribution is -0.124. The van der Waals surface area contributed by atoms with Crippen LogP contribution in [-0.2, 0) is 16.1 Å². The van der Waals surface area contributed by atoms with Gasteiger partial charge in [-0.3, -0.25) is 9.59 Å².